The predicted molar refractivity (Wildman–Crippen MR) is 204 cm³/mol. The maximum Gasteiger partial charge on any atom is 0.328 e. The van der Waals surface area contributed by atoms with Crippen molar-refractivity contribution in [1.82, 2.24) is 19.1 Å². The third kappa shape index (κ3) is 4.96. The zero-order valence-corrected chi connectivity index (χ0v) is 27.8. The van der Waals surface area contributed by atoms with E-state index in [9.17, 15) is 4.79 Å². The summed E-state index contributed by atoms with van der Waals surface area (Å²) in [6.45, 7) is 0. The van der Waals surface area contributed by atoms with E-state index in [-0.39, 0.29) is 5.69 Å². The van der Waals surface area contributed by atoms with Crippen molar-refractivity contribution in [3.8, 4) is 56.2 Å². The first-order chi connectivity index (χ1) is 24.0. The summed E-state index contributed by atoms with van der Waals surface area (Å²) in [5.74, 6) is 0.682. The van der Waals surface area contributed by atoms with Gasteiger partial charge in [-0.25, -0.2) is 14.8 Å². The number of hydrogen-bond donors (Lipinski definition) is 0. The van der Waals surface area contributed by atoms with Crippen molar-refractivity contribution < 1.29 is 0 Å². The monoisotopic (exact) mass is 650 g/mol. The SMILES string of the molecule is Cn1c(=O)n(C)c2cc(-c3ccc(-c4cc(-c5ccccc5-c5ccc6sc7ccccc7c6c5)nc(-c5ccccc5)n4)cc3)ccc21. The molecule has 9 aromatic rings. The third-order valence-electron chi connectivity index (χ3n) is 9.43. The fraction of sp³-hybridized carbons (Fsp3) is 0.0465. The molecular weight excluding hydrogens is 621 g/mol. The molecule has 6 heteroatoms. The molecule has 0 saturated heterocycles. The predicted octanol–water partition coefficient (Wildman–Crippen LogP) is 10.4. The minimum atomic E-state index is -0.0293. The van der Waals surface area contributed by atoms with Crippen LogP contribution < -0.4 is 5.69 Å². The van der Waals surface area contributed by atoms with E-state index in [2.05, 4.69) is 121 Å². The molecule has 49 heavy (non-hydrogen) atoms. The lowest BCUT2D eigenvalue weighted by molar-refractivity contribution is 0.795. The Balaban J connectivity index is 1.16. The van der Waals surface area contributed by atoms with E-state index in [4.69, 9.17) is 9.97 Å². The van der Waals surface area contributed by atoms with Gasteiger partial charge in [0.15, 0.2) is 5.82 Å². The number of nitrogens with zero attached hydrogens (tertiary/aromatic N) is 4. The number of imidazole rings is 1. The molecule has 0 spiro atoms. The lowest BCUT2D eigenvalue weighted by Crippen LogP contribution is -2.19. The van der Waals surface area contributed by atoms with Crippen molar-refractivity contribution in [2.45, 2.75) is 0 Å². The average Bonchev–Trinajstić information content (AvgIpc) is 3.64. The van der Waals surface area contributed by atoms with Gasteiger partial charge in [0.1, 0.15) is 0 Å². The maximum absolute atomic E-state index is 12.5. The van der Waals surface area contributed by atoms with Gasteiger partial charge in [0.05, 0.1) is 22.4 Å². The molecule has 234 valence electrons. The molecule has 9 rings (SSSR count). The van der Waals surface area contributed by atoms with Crippen LogP contribution in [0.1, 0.15) is 0 Å². The van der Waals surface area contributed by atoms with Crippen molar-refractivity contribution in [3.63, 3.8) is 0 Å². The van der Waals surface area contributed by atoms with Gasteiger partial charge in [-0.05, 0) is 58.7 Å². The average molecular weight is 651 g/mol. The molecule has 5 nitrogen and oxygen atoms in total. The van der Waals surface area contributed by atoms with E-state index < -0.39 is 0 Å². The number of aryl methyl sites for hydroxylation is 2. The molecule has 0 fully saturated rings. The van der Waals surface area contributed by atoms with Crippen LogP contribution in [0.4, 0.5) is 0 Å². The molecule has 0 saturated carbocycles. The third-order valence-corrected chi connectivity index (χ3v) is 10.6. The lowest BCUT2D eigenvalue weighted by Gasteiger charge is -2.13. The Bertz CT molecular complexity index is 2760. The number of fused-ring (bicyclic) bond motifs is 4. The number of aromatic nitrogens is 4. The quantitative estimate of drug-likeness (QED) is 0.186. The van der Waals surface area contributed by atoms with E-state index in [1.54, 1.807) is 16.2 Å². The van der Waals surface area contributed by atoms with Crippen LogP contribution in [-0.4, -0.2) is 19.1 Å². The van der Waals surface area contributed by atoms with Crippen LogP contribution in [0, 0.1) is 0 Å². The van der Waals surface area contributed by atoms with Crippen LogP contribution in [-0.2, 0) is 14.1 Å². The number of thiophene rings is 1. The number of benzene rings is 6. The molecule has 3 aromatic heterocycles. The Labute approximate surface area is 287 Å². The number of rotatable bonds is 5. The van der Waals surface area contributed by atoms with Gasteiger partial charge in [-0.2, -0.15) is 0 Å². The van der Waals surface area contributed by atoms with Gasteiger partial charge in [-0.15, -0.1) is 11.3 Å². The van der Waals surface area contributed by atoms with Gasteiger partial charge < -0.3 is 0 Å². The van der Waals surface area contributed by atoms with Crippen molar-refractivity contribution >= 4 is 42.5 Å². The largest absolute Gasteiger partial charge is 0.328 e. The molecule has 0 aliphatic rings. The second kappa shape index (κ2) is 11.5. The molecule has 3 heterocycles. The molecule has 0 atom stereocenters. The Kier molecular flexibility index (Phi) is 6.85. The minimum absolute atomic E-state index is 0.0293. The smallest absolute Gasteiger partial charge is 0.295 e. The lowest BCUT2D eigenvalue weighted by atomic mass is 9.95. The van der Waals surface area contributed by atoms with Crippen LogP contribution in [0.3, 0.4) is 0 Å². The van der Waals surface area contributed by atoms with Crippen molar-refractivity contribution in [1.29, 1.82) is 0 Å². The standard InChI is InChI=1S/C43H30N4OS/c1-46-38-22-20-30(25-39(38)47(2)43(46)48)27-16-18-28(19-17-27)36-26-37(45-42(44-36)29-10-4-3-5-11-29)33-13-7-6-12-32(33)31-21-23-41-35(24-31)34-14-8-9-15-40(34)49-41/h3-26H,1-2H3. The molecular formula is C43H30N4OS. The second-order valence-corrected chi connectivity index (χ2v) is 13.4. The summed E-state index contributed by atoms with van der Waals surface area (Å²) in [6.07, 6.45) is 0. The molecule has 0 unspecified atom stereocenters. The Morgan fingerprint density at radius 2 is 1.10 bits per heavy atom. The molecule has 6 aromatic carbocycles. The van der Waals surface area contributed by atoms with Gasteiger partial charge in [0.25, 0.3) is 0 Å². The number of hydrogen-bond acceptors (Lipinski definition) is 4. The highest BCUT2D eigenvalue weighted by Gasteiger charge is 2.16. The van der Waals surface area contributed by atoms with Crippen molar-refractivity contribution in [3.05, 3.63) is 156 Å². The van der Waals surface area contributed by atoms with E-state index >= 15 is 0 Å². The first-order valence-electron chi connectivity index (χ1n) is 16.2. The van der Waals surface area contributed by atoms with Crippen LogP contribution in [0.15, 0.2) is 150 Å². The fourth-order valence-corrected chi connectivity index (χ4v) is 7.91. The first kappa shape index (κ1) is 29.1. The Hall–Kier alpha value is -6.11. The van der Waals surface area contributed by atoms with Crippen LogP contribution in [0.25, 0.3) is 87.4 Å². The molecule has 0 aliphatic carbocycles. The van der Waals surface area contributed by atoms with Crippen molar-refractivity contribution in [2.24, 2.45) is 14.1 Å². The van der Waals surface area contributed by atoms with E-state index in [0.29, 0.717) is 5.82 Å². The molecule has 0 aliphatic heterocycles. The summed E-state index contributed by atoms with van der Waals surface area (Å²) < 4.78 is 5.96. The van der Waals surface area contributed by atoms with E-state index in [1.165, 1.54) is 20.2 Å². The summed E-state index contributed by atoms with van der Waals surface area (Å²) >= 11 is 1.83. The summed E-state index contributed by atoms with van der Waals surface area (Å²) in [4.78, 5) is 22.7. The van der Waals surface area contributed by atoms with Crippen molar-refractivity contribution in [2.75, 3.05) is 0 Å². The minimum Gasteiger partial charge on any atom is -0.295 e. The molecule has 0 amide bonds. The zero-order valence-electron chi connectivity index (χ0n) is 27.0. The topological polar surface area (TPSA) is 52.7 Å². The van der Waals surface area contributed by atoms with Crippen LogP contribution in [0.5, 0.6) is 0 Å². The van der Waals surface area contributed by atoms with E-state index in [1.807, 2.05) is 42.6 Å². The van der Waals surface area contributed by atoms with Crippen LogP contribution >= 0.6 is 11.3 Å². The summed E-state index contributed by atoms with van der Waals surface area (Å²) in [6, 6.07) is 50.8. The van der Waals surface area contributed by atoms with Gasteiger partial charge in [0.2, 0.25) is 0 Å². The fourth-order valence-electron chi connectivity index (χ4n) is 6.82. The zero-order chi connectivity index (χ0) is 33.1. The maximum atomic E-state index is 12.5. The van der Waals surface area contributed by atoms with Gasteiger partial charge in [-0.1, -0.05) is 109 Å². The highest BCUT2D eigenvalue weighted by molar-refractivity contribution is 7.25. The van der Waals surface area contributed by atoms with Gasteiger partial charge in [-0.3, -0.25) is 9.13 Å². The molecule has 0 bridgehead atoms. The molecule has 0 radical (unpaired) electrons. The summed E-state index contributed by atoms with van der Waals surface area (Å²) in [5.41, 5.74) is 11.0. The highest BCUT2D eigenvalue weighted by atomic mass is 32.1. The second-order valence-electron chi connectivity index (χ2n) is 12.4. The van der Waals surface area contributed by atoms with Crippen LogP contribution in [0.2, 0.25) is 0 Å². The normalized spacial score (nSPS) is 11.6. The van der Waals surface area contributed by atoms with Gasteiger partial charge in [0, 0.05) is 51.0 Å². The van der Waals surface area contributed by atoms with Gasteiger partial charge >= 0.3 is 5.69 Å². The highest BCUT2D eigenvalue weighted by Crippen LogP contribution is 2.39. The van der Waals surface area contributed by atoms with E-state index in [0.717, 1.165) is 61.4 Å². The summed E-state index contributed by atoms with van der Waals surface area (Å²) in [5, 5.41) is 2.56. The summed E-state index contributed by atoms with van der Waals surface area (Å²) in [7, 11) is 3.62. The Morgan fingerprint density at radius 3 is 1.94 bits per heavy atom. The molecule has 0 N–H and O–H groups in total. The Morgan fingerprint density at radius 1 is 0.469 bits per heavy atom. The first-order valence-corrected chi connectivity index (χ1v) is 17.1.